The number of carbonyl (C=O) groups excluding carboxylic acids is 1. The molecule has 0 spiro atoms. The Morgan fingerprint density at radius 2 is 1.68 bits per heavy atom. The molecule has 3 aliphatic rings. The number of rotatable bonds is 9. The third-order valence-corrected chi connectivity index (χ3v) is 15.4. The van der Waals surface area contributed by atoms with Gasteiger partial charge in [0.15, 0.2) is 5.82 Å². The highest BCUT2D eigenvalue weighted by molar-refractivity contribution is 7.92. The lowest BCUT2D eigenvalue weighted by Gasteiger charge is -2.34. The Morgan fingerprint density at radius 1 is 0.984 bits per heavy atom. The summed E-state index contributed by atoms with van der Waals surface area (Å²) in [5.74, 6) is 0.0469. The number of hydrogen-bond acceptors (Lipinski definition) is 9. The summed E-state index contributed by atoms with van der Waals surface area (Å²) in [6, 6.07) is 17.6. The molecule has 2 aliphatic heterocycles. The monoisotopic (exact) mass is 873 g/mol. The van der Waals surface area contributed by atoms with Crippen molar-refractivity contribution in [3.63, 3.8) is 0 Å². The average Bonchev–Trinajstić information content (AvgIpc) is 3.78. The highest BCUT2D eigenvalue weighted by Crippen LogP contribution is 2.56. The van der Waals surface area contributed by atoms with Gasteiger partial charge in [-0.2, -0.15) is 5.10 Å². The molecule has 63 heavy (non-hydrogen) atoms. The van der Waals surface area contributed by atoms with E-state index in [1.165, 1.54) is 14.7 Å². The number of halogens is 1. The second kappa shape index (κ2) is 14.9. The fourth-order valence-corrected chi connectivity index (χ4v) is 10.9. The van der Waals surface area contributed by atoms with Crippen molar-refractivity contribution in [1.82, 2.24) is 38.5 Å². The van der Waals surface area contributed by atoms with Crippen molar-refractivity contribution in [1.29, 1.82) is 4.78 Å². The van der Waals surface area contributed by atoms with Crippen LogP contribution in [0.5, 0.6) is 0 Å². The first-order valence-corrected chi connectivity index (χ1v) is 23.1. The van der Waals surface area contributed by atoms with Crippen LogP contribution < -0.4 is 11.4 Å². The highest BCUT2D eigenvalue weighted by Gasteiger charge is 2.59. The zero-order valence-electron chi connectivity index (χ0n) is 35.7. The number of hydrogen-bond donors (Lipinski definition) is 2. The molecule has 6 heterocycles. The van der Waals surface area contributed by atoms with E-state index >= 15 is 9.18 Å². The summed E-state index contributed by atoms with van der Waals surface area (Å²) < 4.78 is 53.4. The molecule has 1 amide bonds. The first-order chi connectivity index (χ1) is 30.2. The van der Waals surface area contributed by atoms with Crippen molar-refractivity contribution in [3.8, 4) is 17.2 Å². The van der Waals surface area contributed by atoms with Gasteiger partial charge < -0.3 is 14.2 Å². The minimum atomic E-state index is -2.96. The van der Waals surface area contributed by atoms with Gasteiger partial charge in [-0.1, -0.05) is 25.1 Å². The Hall–Kier alpha value is -6.33. The van der Waals surface area contributed by atoms with E-state index in [0.717, 1.165) is 23.7 Å². The lowest BCUT2D eigenvalue weighted by atomic mass is 9.91. The summed E-state index contributed by atoms with van der Waals surface area (Å²) in [6.45, 7) is 10.8. The summed E-state index contributed by atoms with van der Waals surface area (Å²) in [5, 5.41) is 10.1. The molecule has 0 unspecified atom stereocenters. The van der Waals surface area contributed by atoms with Crippen LogP contribution in [0.15, 0.2) is 92.1 Å². The molecule has 2 fully saturated rings. The number of fused-ring (bicyclic) bond motifs is 2. The molecule has 4 atom stereocenters. The number of aromatic nitrogens is 7. The standard InChI is InChI=1S/C46H48FN9O6S/c1-6-63(48,60)35-10-8-33(9-11-35)53-17-18-54(45(53)59)41-39-29(5)52(16-13-36(39)50-56(41)34-21-26(2)40(47)27(3)22-34)42(57)38-24-32-23-31(30-14-19-61-20-15-30)7-12-37(32)55(38)46(25-28(46)4)43-49-44(58)62-51-43/h7-12,17-18,21-24,28-30,48H,6,13-16,19-20,25H2,1-5H3,(H,49,51,58)/t28-,29-,46-,63+/m0/s1. The van der Waals surface area contributed by atoms with Gasteiger partial charge in [-0.25, -0.2) is 27.6 Å². The molecule has 10 rings (SSSR count). The van der Waals surface area contributed by atoms with Gasteiger partial charge in [0.1, 0.15) is 22.9 Å². The van der Waals surface area contributed by atoms with Crippen LogP contribution in [0.3, 0.4) is 0 Å². The number of nitrogens with one attached hydrogen (secondary N) is 2. The Labute approximate surface area is 362 Å². The van der Waals surface area contributed by atoms with Crippen molar-refractivity contribution < 1.29 is 22.7 Å². The summed E-state index contributed by atoms with van der Waals surface area (Å²) in [4.78, 5) is 47.4. The van der Waals surface area contributed by atoms with Crippen LogP contribution in [-0.4, -0.2) is 74.1 Å². The Balaban J connectivity index is 1.11. The molecule has 3 aromatic carbocycles. The number of imidazole rings is 1. The van der Waals surface area contributed by atoms with E-state index in [1.807, 2.05) is 22.5 Å². The fraction of sp³-hybridized carbons (Fsp3) is 0.370. The van der Waals surface area contributed by atoms with Gasteiger partial charge in [0.05, 0.1) is 32.8 Å². The maximum atomic E-state index is 15.4. The van der Waals surface area contributed by atoms with Gasteiger partial charge in [-0.15, -0.1) is 0 Å². The average molecular weight is 874 g/mol. The molecule has 0 radical (unpaired) electrons. The van der Waals surface area contributed by atoms with Crippen LogP contribution in [0.25, 0.3) is 28.1 Å². The first-order valence-electron chi connectivity index (χ1n) is 21.4. The molecule has 7 aromatic rings. The zero-order valence-corrected chi connectivity index (χ0v) is 36.5. The van der Waals surface area contributed by atoms with Crippen LogP contribution in [0, 0.1) is 30.4 Å². The van der Waals surface area contributed by atoms with E-state index in [0.29, 0.717) is 94.5 Å². The minimum Gasteiger partial charge on any atom is -0.381 e. The predicted molar refractivity (Wildman–Crippen MR) is 233 cm³/mol. The number of H-pyrrole nitrogens is 1. The van der Waals surface area contributed by atoms with E-state index < -0.39 is 32.8 Å². The van der Waals surface area contributed by atoms with Gasteiger partial charge in [0, 0.05) is 65.7 Å². The van der Waals surface area contributed by atoms with Gasteiger partial charge in [-0.05, 0) is 123 Å². The Bertz CT molecular complexity index is 3180. The Kier molecular flexibility index (Phi) is 9.63. The number of carbonyl (C=O) groups is 1. The summed E-state index contributed by atoms with van der Waals surface area (Å²) in [5.41, 5.74) is 4.46. The largest absolute Gasteiger partial charge is 0.438 e. The summed E-state index contributed by atoms with van der Waals surface area (Å²) >= 11 is 0. The van der Waals surface area contributed by atoms with Crippen LogP contribution in [-0.2, 0) is 26.4 Å². The van der Waals surface area contributed by atoms with Crippen molar-refractivity contribution >= 4 is 26.5 Å². The molecule has 4 aromatic heterocycles. The SMILES string of the molecule is CC[S@@](=N)(=O)c1ccc(-n2ccn(-c3c4c(nn3-c3cc(C)c(F)c(C)c3)CCN(C(=O)c3cc5cc(C6CCOCC6)ccc5n3[C@@]3(c5noc(=O)[nH]5)C[C@@H]3C)[C@H]4C)c2=O)cc1. The van der Waals surface area contributed by atoms with Gasteiger partial charge in [0.25, 0.3) is 5.91 Å². The predicted octanol–water partition coefficient (Wildman–Crippen LogP) is 7.06. The van der Waals surface area contributed by atoms with Crippen LogP contribution in [0.1, 0.15) is 96.3 Å². The number of aryl methyl sites for hydroxylation is 2. The maximum Gasteiger partial charge on any atom is 0.438 e. The fourth-order valence-electron chi connectivity index (χ4n) is 9.94. The van der Waals surface area contributed by atoms with Crippen LogP contribution >= 0.6 is 0 Å². The summed E-state index contributed by atoms with van der Waals surface area (Å²) in [6.07, 6.45) is 6.09. The lowest BCUT2D eigenvalue weighted by Crippen LogP contribution is -2.41. The van der Waals surface area contributed by atoms with E-state index in [4.69, 9.17) is 19.1 Å². The van der Waals surface area contributed by atoms with Crippen LogP contribution in [0.2, 0.25) is 0 Å². The molecule has 17 heteroatoms. The molecular weight excluding hydrogens is 826 g/mol. The highest BCUT2D eigenvalue weighted by atomic mass is 32.2. The third kappa shape index (κ3) is 6.45. The lowest BCUT2D eigenvalue weighted by molar-refractivity contribution is 0.0663. The molecule has 1 saturated carbocycles. The molecule has 326 valence electrons. The van der Waals surface area contributed by atoms with Crippen LogP contribution in [0.4, 0.5) is 4.39 Å². The minimum absolute atomic E-state index is 0.0169. The van der Waals surface area contributed by atoms with Crippen molar-refractivity contribution in [2.45, 2.75) is 82.7 Å². The van der Waals surface area contributed by atoms with Gasteiger partial charge in [-0.3, -0.25) is 23.4 Å². The molecular formula is C46H48FN9O6S. The second-order valence-electron chi connectivity index (χ2n) is 17.2. The second-order valence-corrected chi connectivity index (χ2v) is 19.6. The van der Waals surface area contributed by atoms with Crippen molar-refractivity contribution in [2.75, 3.05) is 25.5 Å². The molecule has 0 bridgehead atoms. The third-order valence-electron chi connectivity index (χ3n) is 13.5. The van der Waals surface area contributed by atoms with Crippen molar-refractivity contribution in [2.24, 2.45) is 5.92 Å². The van der Waals surface area contributed by atoms with E-state index in [1.54, 1.807) is 74.2 Å². The number of aromatic amines is 1. The molecule has 2 N–H and O–H groups in total. The molecule has 15 nitrogen and oxygen atoms in total. The number of nitrogens with zero attached hydrogens (tertiary/aromatic N) is 7. The summed E-state index contributed by atoms with van der Waals surface area (Å²) in [7, 11) is -2.96. The number of benzene rings is 3. The Morgan fingerprint density at radius 3 is 2.33 bits per heavy atom. The van der Waals surface area contributed by atoms with Gasteiger partial charge in [0.2, 0.25) is 0 Å². The normalized spacial score (nSPS) is 21.1. The van der Waals surface area contributed by atoms with Gasteiger partial charge >= 0.3 is 11.4 Å². The first kappa shape index (κ1) is 40.7. The molecule has 1 aliphatic carbocycles. The topological polar surface area (TPSA) is 179 Å². The quantitative estimate of drug-likeness (QED) is 0.155. The number of ether oxygens (including phenoxy) is 1. The van der Waals surface area contributed by atoms with E-state index in [-0.39, 0.29) is 23.4 Å². The van der Waals surface area contributed by atoms with E-state index in [2.05, 4.69) is 35.3 Å². The zero-order chi connectivity index (χ0) is 44.1. The molecule has 1 saturated heterocycles. The van der Waals surface area contributed by atoms with Crippen molar-refractivity contribution in [3.05, 3.63) is 139 Å². The maximum absolute atomic E-state index is 15.4. The van der Waals surface area contributed by atoms with E-state index in [9.17, 15) is 13.8 Å². The number of amides is 1. The smallest absolute Gasteiger partial charge is 0.381 e.